The third-order valence-corrected chi connectivity index (χ3v) is 4.65. The Balaban J connectivity index is 1.90. The van der Waals surface area contributed by atoms with Crippen LogP contribution in [-0.4, -0.2) is 12.1 Å². The van der Waals surface area contributed by atoms with Gasteiger partial charge in [-0.1, -0.05) is 6.07 Å². The molecular weight excluding hydrogens is 263 g/mol. The van der Waals surface area contributed by atoms with E-state index in [4.69, 9.17) is 10.5 Å². The molecule has 0 fully saturated rings. The molecule has 1 aliphatic carbocycles. The molecule has 100 valence electrons. The number of methoxy groups -OCH3 is 1. The Labute approximate surface area is 115 Å². The van der Waals surface area contributed by atoms with E-state index in [1.807, 2.05) is 0 Å². The van der Waals surface area contributed by atoms with Gasteiger partial charge in [-0.05, 0) is 37.0 Å². The molecule has 1 aromatic heterocycles. The normalized spacial score (nSPS) is 15.3. The summed E-state index contributed by atoms with van der Waals surface area (Å²) in [4.78, 5) is 5.91. The fourth-order valence-electron chi connectivity index (χ4n) is 2.36. The van der Waals surface area contributed by atoms with Gasteiger partial charge in [-0.15, -0.1) is 11.3 Å². The number of nitrogens with zero attached hydrogens (tertiary/aromatic N) is 1. The molecule has 0 radical (unpaired) electrons. The summed E-state index contributed by atoms with van der Waals surface area (Å²) in [5, 5.41) is 0.870. The highest BCUT2D eigenvalue weighted by Gasteiger charge is 2.21. The molecule has 0 bridgehead atoms. The number of aryl methyl sites for hydroxylation is 2. The second-order valence-corrected chi connectivity index (χ2v) is 5.76. The molecule has 0 spiro atoms. The summed E-state index contributed by atoms with van der Waals surface area (Å²) >= 11 is 1.65. The summed E-state index contributed by atoms with van der Waals surface area (Å²) in [7, 11) is 1.45. The zero-order valence-electron chi connectivity index (χ0n) is 10.6. The van der Waals surface area contributed by atoms with Crippen molar-refractivity contribution in [2.75, 3.05) is 7.11 Å². The SMILES string of the molecule is COc1ccc(C(N)c2nc3c(s2)CCC3)cc1F. The van der Waals surface area contributed by atoms with Crippen LogP contribution in [0.4, 0.5) is 4.39 Å². The minimum absolute atomic E-state index is 0.234. The van der Waals surface area contributed by atoms with Gasteiger partial charge in [0.2, 0.25) is 0 Å². The summed E-state index contributed by atoms with van der Waals surface area (Å²) in [5.74, 6) is -0.155. The third-order valence-electron chi connectivity index (χ3n) is 3.41. The van der Waals surface area contributed by atoms with Crippen molar-refractivity contribution in [3.05, 3.63) is 45.2 Å². The number of rotatable bonds is 3. The van der Waals surface area contributed by atoms with Gasteiger partial charge in [0.15, 0.2) is 11.6 Å². The summed E-state index contributed by atoms with van der Waals surface area (Å²) in [6, 6.07) is 4.46. The molecule has 5 heteroatoms. The lowest BCUT2D eigenvalue weighted by Crippen LogP contribution is -2.12. The van der Waals surface area contributed by atoms with E-state index in [9.17, 15) is 4.39 Å². The number of benzene rings is 1. The first-order chi connectivity index (χ1) is 9.19. The molecule has 1 heterocycles. The maximum absolute atomic E-state index is 13.7. The smallest absolute Gasteiger partial charge is 0.165 e. The molecule has 1 unspecified atom stereocenters. The molecule has 0 saturated carbocycles. The highest BCUT2D eigenvalue weighted by Crippen LogP contribution is 2.33. The fraction of sp³-hybridized carbons (Fsp3) is 0.357. The van der Waals surface area contributed by atoms with Crippen LogP contribution in [0.2, 0.25) is 0 Å². The number of hydrogen-bond donors (Lipinski definition) is 1. The number of thiazole rings is 1. The van der Waals surface area contributed by atoms with E-state index in [-0.39, 0.29) is 17.6 Å². The molecule has 2 aromatic rings. The zero-order chi connectivity index (χ0) is 13.4. The molecule has 1 aliphatic rings. The number of fused-ring (bicyclic) bond motifs is 1. The monoisotopic (exact) mass is 278 g/mol. The van der Waals surface area contributed by atoms with Crippen molar-refractivity contribution in [3.63, 3.8) is 0 Å². The number of ether oxygens (including phenoxy) is 1. The number of hydrogen-bond acceptors (Lipinski definition) is 4. The van der Waals surface area contributed by atoms with Gasteiger partial charge in [-0.3, -0.25) is 0 Å². The van der Waals surface area contributed by atoms with Crippen molar-refractivity contribution < 1.29 is 9.13 Å². The zero-order valence-corrected chi connectivity index (χ0v) is 11.5. The average molecular weight is 278 g/mol. The van der Waals surface area contributed by atoms with Gasteiger partial charge in [0.1, 0.15) is 5.01 Å². The molecule has 0 amide bonds. The lowest BCUT2D eigenvalue weighted by atomic mass is 10.1. The standard InChI is InChI=1S/C14H15FN2OS/c1-18-11-6-5-8(7-9(11)15)13(16)14-17-10-3-2-4-12(10)19-14/h5-7,13H,2-4,16H2,1H3. The van der Waals surface area contributed by atoms with E-state index in [1.165, 1.54) is 30.2 Å². The van der Waals surface area contributed by atoms with E-state index in [1.54, 1.807) is 23.5 Å². The number of aromatic nitrogens is 1. The van der Waals surface area contributed by atoms with Gasteiger partial charge in [-0.2, -0.15) is 0 Å². The van der Waals surface area contributed by atoms with Crippen molar-refractivity contribution in [2.24, 2.45) is 5.73 Å². The molecule has 0 saturated heterocycles. The van der Waals surface area contributed by atoms with Gasteiger partial charge in [0.25, 0.3) is 0 Å². The first-order valence-corrected chi connectivity index (χ1v) is 7.08. The number of nitrogens with two attached hydrogens (primary N) is 1. The summed E-state index contributed by atoms with van der Waals surface area (Å²) < 4.78 is 18.6. The van der Waals surface area contributed by atoms with Crippen LogP contribution in [0.25, 0.3) is 0 Å². The summed E-state index contributed by atoms with van der Waals surface area (Å²) in [6.45, 7) is 0. The predicted molar refractivity (Wildman–Crippen MR) is 73.1 cm³/mol. The Morgan fingerprint density at radius 3 is 2.95 bits per heavy atom. The molecule has 1 aromatic carbocycles. The Kier molecular flexibility index (Phi) is 3.24. The Bertz CT molecular complexity index is 590. The molecule has 19 heavy (non-hydrogen) atoms. The predicted octanol–water partition coefficient (Wildman–Crippen LogP) is 2.83. The van der Waals surface area contributed by atoms with Crippen LogP contribution in [0.5, 0.6) is 5.75 Å². The van der Waals surface area contributed by atoms with E-state index >= 15 is 0 Å². The fourth-order valence-corrected chi connectivity index (χ4v) is 3.55. The molecule has 3 rings (SSSR count). The summed E-state index contributed by atoms with van der Waals surface area (Å²) in [5.41, 5.74) is 8.08. The second kappa shape index (κ2) is 4.90. The maximum Gasteiger partial charge on any atom is 0.165 e. The van der Waals surface area contributed by atoms with Gasteiger partial charge in [0, 0.05) is 4.88 Å². The molecule has 0 aliphatic heterocycles. The Morgan fingerprint density at radius 2 is 2.26 bits per heavy atom. The van der Waals surface area contributed by atoms with Crippen molar-refractivity contribution in [1.82, 2.24) is 4.98 Å². The molecular formula is C14H15FN2OS. The van der Waals surface area contributed by atoms with E-state index in [0.717, 1.165) is 23.4 Å². The highest BCUT2D eigenvalue weighted by molar-refractivity contribution is 7.11. The largest absolute Gasteiger partial charge is 0.494 e. The highest BCUT2D eigenvalue weighted by atomic mass is 32.1. The minimum atomic E-state index is -0.389. The summed E-state index contributed by atoms with van der Waals surface area (Å²) in [6.07, 6.45) is 3.31. The van der Waals surface area contributed by atoms with Crippen molar-refractivity contribution in [2.45, 2.75) is 25.3 Å². The molecule has 2 N–H and O–H groups in total. The van der Waals surface area contributed by atoms with Crippen molar-refractivity contribution in [3.8, 4) is 5.75 Å². The van der Waals surface area contributed by atoms with E-state index in [2.05, 4.69) is 4.98 Å². The van der Waals surface area contributed by atoms with Crippen LogP contribution in [0.1, 0.15) is 33.6 Å². The van der Waals surface area contributed by atoms with Crippen LogP contribution in [-0.2, 0) is 12.8 Å². The Morgan fingerprint density at radius 1 is 1.42 bits per heavy atom. The quantitative estimate of drug-likeness (QED) is 0.939. The third kappa shape index (κ3) is 2.24. The van der Waals surface area contributed by atoms with Crippen LogP contribution in [0.15, 0.2) is 18.2 Å². The average Bonchev–Trinajstić information content (AvgIpc) is 2.98. The van der Waals surface area contributed by atoms with Gasteiger partial charge < -0.3 is 10.5 Å². The van der Waals surface area contributed by atoms with Crippen LogP contribution in [0.3, 0.4) is 0 Å². The van der Waals surface area contributed by atoms with Gasteiger partial charge in [0.05, 0.1) is 18.8 Å². The van der Waals surface area contributed by atoms with Crippen LogP contribution >= 0.6 is 11.3 Å². The lowest BCUT2D eigenvalue weighted by Gasteiger charge is -2.10. The van der Waals surface area contributed by atoms with E-state index < -0.39 is 0 Å². The topological polar surface area (TPSA) is 48.1 Å². The van der Waals surface area contributed by atoms with Crippen molar-refractivity contribution in [1.29, 1.82) is 0 Å². The second-order valence-electron chi connectivity index (χ2n) is 4.65. The minimum Gasteiger partial charge on any atom is -0.494 e. The maximum atomic E-state index is 13.7. The number of halogens is 1. The molecule has 3 nitrogen and oxygen atoms in total. The lowest BCUT2D eigenvalue weighted by molar-refractivity contribution is 0.386. The van der Waals surface area contributed by atoms with Gasteiger partial charge >= 0.3 is 0 Å². The van der Waals surface area contributed by atoms with Crippen LogP contribution in [0, 0.1) is 5.82 Å². The van der Waals surface area contributed by atoms with Crippen molar-refractivity contribution >= 4 is 11.3 Å². The van der Waals surface area contributed by atoms with Crippen LogP contribution < -0.4 is 10.5 Å². The van der Waals surface area contributed by atoms with E-state index in [0.29, 0.717) is 0 Å². The first kappa shape index (κ1) is 12.6. The molecule has 1 atom stereocenters. The first-order valence-electron chi connectivity index (χ1n) is 6.26. The Hall–Kier alpha value is -1.46. The van der Waals surface area contributed by atoms with Gasteiger partial charge in [-0.25, -0.2) is 9.37 Å².